The van der Waals surface area contributed by atoms with Crippen LogP contribution in [0.25, 0.3) is 0 Å². The van der Waals surface area contributed by atoms with E-state index in [1.165, 1.54) is 12.1 Å². The minimum absolute atomic E-state index is 0. The zero-order chi connectivity index (χ0) is 13.0. The highest BCUT2D eigenvalue weighted by Crippen LogP contribution is 2.41. The summed E-state index contributed by atoms with van der Waals surface area (Å²) in [6.45, 7) is 0.890. The van der Waals surface area contributed by atoms with E-state index in [0.717, 1.165) is 31.2 Å². The van der Waals surface area contributed by atoms with Gasteiger partial charge >= 0.3 is 0 Å². The summed E-state index contributed by atoms with van der Waals surface area (Å²) in [5.41, 5.74) is 5.64. The number of halogens is 2. The standard InChI is InChI=1S/C14H19FN2O.ClH/c15-12-5-3-4-11(10-12)14(6-1-2-7-14)13(18)17-9-8-16;/h3-5,10H,1-2,6-9,16H2,(H,17,18);1H. The third-order valence-corrected chi connectivity index (χ3v) is 3.70. The van der Waals surface area contributed by atoms with Crippen molar-refractivity contribution in [3.63, 3.8) is 0 Å². The van der Waals surface area contributed by atoms with Crippen molar-refractivity contribution in [2.75, 3.05) is 13.1 Å². The second-order valence-electron chi connectivity index (χ2n) is 4.84. The molecule has 1 aromatic rings. The van der Waals surface area contributed by atoms with E-state index in [-0.39, 0.29) is 24.1 Å². The number of nitrogens with one attached hydrogen (secondary N) is 1. The number of nitrogens with two attached hydrogens (primary N) is 1. The first-order valence-electron chi connectivity index (χ1n) is 6.43. The Bertz CT molecular complexity index is 433. The van der Waals surface area contributed by atoms with Crippen LogP contribution in [0.1, 0.15) is 31.2 Å². The summed E-state index contributed by atoms with van der Waals surface area (Å²) in [6.07, 6.45) is 3.58. The summed E-state index contributed by atoms with van der Waals surface area (Å²) in [7, 11) is 0. The Balaban J connectivity index is 0.00000180. The van der Waals surface area contributed by atoms with E-state index in [0.29, 0.717) is 13.1 Å². The normalized spacial score (nSPS) is 16.7. The van der Waals surface area contributed by atoms with E-state index in [1.807, 2.05) is 6.07 Å². The van der Waals surface area contributed by atoms with Gasteiger partial charge in [-0.2, -0.15) is 0 Å². The van der Waals surface area contributed by atoms with Crippen LogP contribution in [0.2, 0.25) is 0 Å². The van der Waals surface area contributed by atoms with Crippen molar-refractivity contribution >= 4 is 18.3 Å². The van der Waals surface area contributed by atoms with Gasteiger partial charge in [-0.15, -0.1) is 12.4 Å². The average molecular weight is 287 g/mol. The fourth-order valence-electron chi connectivity index (χ4n) is 2.77. The van der Waals surface area contributed by atoms with Gasteiger partial charge in [0.15, 0.2) is 0 Å². The van der Waals surface area contributed by atoms with Crippen LogP contribution in [0.15, 0.2) is 24.3 Å². The Morgan fingerprint density at radius 2 is 2.05 bits per heavy atom. The first-order chi connectivity index (χ1) is 8.69. The smallest absolute Gasteiger partial charge is 0.230 e. The molecule has 0 spiro atoms. The molecule has 0 aromatic heterocycles. The highest BCUT2D eigenvalue weighted by atomic mass is 35.5. The largest absolute Gasteiger partial charge is 0.354 e. The Labute approximate surface area is 119 Å². The van der Waals surface area contributed by atoms with Crippen molar-refractivity contribution in [3.05, 3.63) is 35.6 Å². The molecular formula is C14H20ClFN2O. The van der Waals surface area contributed by atoms with Crippen LogP contribution in [-0.4, -0.2) is 19.0 Å². The van der Waals surface area contributed by atoms with Gasteiger partial charge in [0.2, 0.25) is 5.91 Å². The summed E-state index contributed by atoms with van der Waals surface area (Å²) < 4.78 is 13.4. The molecule has 0 heterocycles. The minimum atomic E-state index is -0.558. The van der Waals surface area contributed by atoms with E-state index in [1.54, 1.807) is 6.07 Å². The Kier molecular flexibility index (Phi) is 5.76. The van der Waals surface area contributed by atoms with Gasteiger partial charge in [-0.05, 0) is 30.5 Å². The van der Waals surface area contributed by atoms with E-state index < -0.39 is 5.41 Å². The average Bonchev–Trinajstić information content (AvgIpc) is 2.86. The molecule has 106 valence electrons. The van der Waals surface area contributed by atoms with Gasteiger partial charge < -0.3 is 11.1 Å². The molecule has 1 fully saturated rings. The lowest BCUT2D eigenvalue weighted by molar-refractivity contribution is -0.126. The minimum Gasteiger partial charge on any atom is -0.354 e. The molecule has 3 N–H and O–H groups in total. The van der Waals surface area contributed by atoms with Crippen molar-refractivity contribution in [1.82, 2.24) is 5.32 Å². The highest BCUT2D eigenvalue weighted by molar-refractivity contribution is 5.88. The molecule has 2 rings (SSSR count). The van der Waals surface area contributed by atoms with Crippen LogP contribution in [0.4, 0.5) is 4.39 Å². The Hall–Kier alpha value is -1.13. The molecule has 0 unspecified atom stereocenters. The van der Waals surface area contributed by atoms with Crippen molar-refractivity contribution < 1.29 is 9.18 Å². The monoisotopic (exact) mass is 286 g/mol. The molecule has 0 aliphatic heterocycles. The first kappa shape index (κ1) is 15.9. The molecule has 1 aromatic carbocycles. The number of amides is 1. The zero-order valence-electron chi connectivity index (χ0n) is 10.8. The summed E-state index contributed by atoms with van der Waals surface area (Å²) >= 11 is 0. The maximum Gasteiger partial charge on any atom is 0.230 e. The van der Waals surface area contributed by atoms with Crippen LogP contribution >= 0.6 is 12.4 Å². The summed E-state index contributed by atoms with van der Waals surface area (Å²) in [6, 6.07) is 6.40. The summed E-state index contributed by atoms with van der Waals surface area (Å²) in [4.78, 5) is 12.3. The number of carbonyl (C=O) groups is 1. The molecule has 0 saturated heterocycles. The van der Waals surface area contributed by atoms with Crippen LogP contribution in [-0.2, 0) is 10.2 Å². The fourth-order valence-corrected chi connectivity index (χ4v) is 2.77. The van der Waals surface area contributed by atoms with Crippen molar-refractivity contribution in [2.24, 2.45) is 5.73 Å². The SMILES string of the molecule is Cl.NCCNC(=O)C1(c2cccc(F)c2)CCCC1. The van der Waals surface area contributed by atoms with Gasteiger partial charge in [0.05, 0.1) is 5.41 Å². The lowest BCUT2D eigenvalue weighted by Gasteiger charge is -2.28. The fraction of sp³-hybridized carbons (Fsp3) is 0.500. The Morgan fingerprint density at radius 1 is 1.37 bits per heavy atom. The first-order valence-corrected chi connectivity index (χ1v) is 6.43. The molecule has 1 aliphatic rings. The number of hydrogen-bond acceptors (Lipinski definition) is 2. The van der Waals surface area contributed by atoms with E-state index in [2.05, 4.69) is 5.32 Å². The van der Waals surface area contributed by atoms with Gasteiger partial charge in [-0.1, -0.05) is 25.0 Å². The topological polar surface area (TPSA) is 55.1 Å². The van der Waals surface area contributed by atoms with Crippen molar-refractivity contribution in [2.45, 2.75) is 31.1 Å². The molecular weight excluding hydrogens is 267 g/mol. The maximum atomic E-state index is 13.4. The maximum absolute atomic E-state index is 13.4. The quantitative estimate of drug-likeness (QED) is 0.891. The van der Waals surface area contributed by atoms with Gasteiger partial charge in [0, 0.05) is 13.1 Å². The highest BCUT2D eigenvalue weighted by Gasteiger charge is 2.42. The number of hydrogen-bond donors (Lipinski definition) is 2. The third kappa shape index (κ3) is 3.25. The third-order valence-electron chi connectivity index (χ3n) is 3.70. The summed E-state index contributed by atoms with van der Waals surface area (Å²) in [5.74, 6) is -0.304. The van der Waals surface area contributed by atoms with E-state index in [4.69, 9.17) is 5.73 Å². The number of benzene rings is 1. The Morgan fingerprint density at radius 3 is 2.63 bits per heavy atom. The molecule has 1 saturated carbocycles. The second kappa shape index (κ2) is 6.87. The van der Waals surface area contributed by atoms with Gasteiger partial charge in [-0.3, -0.25) is 4.79 Å². The lowest BCUT2D eigenvalue weighted by atomic mass is 9.78. The van der Waals surface area contributed by atoms with Crippen LogP contribution < -0.4 is 11.1 Å². The van der Waals surface area contributed by atoms with Gasteiger partial charge in [0.25, 0.3) is 0 Å². The predicted molar refractivity (Wildman–Crippen MR) is 75.9 cm³/mol. The van der Waals surface area contributed by atoms with Crippen molar-refractivity contribution in [1.29, 1.82) is 0 Å². The molecule has 0 bridgehead atoms. The van der Waals surface area contributed by atoms with Crippen LogP contribution in [0.5, 0.6) is 0 Å². The predicted octanol–water partition coefficient (Wildman–Crippen LogP) is 2.13. The lowest BCUT2D eigenvalue weighted by Crippen LogP contribution is -2.44. The second-order valence-corrected chi connectivity index (χ2v) is 4.84. The molecule has 3 nitrogen and oxygen atoms in total. The molecule has 0 radical (unpaired) electrons. The van der Waals surface area contributed by atoms with E-state index in [9.17, 15) is 9.18 Å². The van der Waals surface area contributed by atoms with E-state index >= 15 is 0 Å². The van der Waals surface area contributed by atoms with Crippen LogP contribution in [0.3, 0.4) is 0 Å². The van der Waals surface area contributed by atoms with Crippen molar-refractivity contribution in [3.8, 4) is 0 Å². The molecule has 5 heteroatoms. The molecule has 1 aliphatic carbocycles. The molecule has 19 heavy (non-hydrogen) atoms. The molecule has 1 amide bonds. The van der Waals surface area contributed by atoms with Gasteiger partial charge in [-0.25, -0.2) is 4.39 Å². The molecule has 0 atom stereocenters. The van der Waals surface area contributed by atoms with Gasteiger partial charge in [0.1, 0.15) is 5.82 Å². The van der Waals surface area contributed by atoms with Crippen LogP contribution in [0, 0.1) is 5.82 Å². The number of rotatable bonds is 4. The number of carbonyl (C=O) groups excluding carboxylic acids is 1. The zero-order valence-corrected chi connectivity index (χ0v) is 11.6. The summed E-state index contributed by atoms with van der Waals surface area (Å²) in [5, 5.41) is 2.85.